The lowest BCUT2D eigenvalue weighted by molar-refractivity contribution is -0.141. The van der Waals surface area contributed by atoms with Crippen LogP contribution in [-0.2, 0) is 4.79 Å². The fraction of sp³-hybridized carbons (Fsp3) is 0.500. The monoisotopic (exact) mass is 272 g/mol. The van der Waals surface area contributed by atoms with Crippen LogP contribution < -0.4 is 0 Å². The van der Waals surface area contributed by atoms with Crippen LogP contribution in [0.2, 0.25) is 0 Å². The highest BCUT2D eigenvalue weighted by Gasteiger charge is 2.33. The summed E-state index contributed by atoms with van der Waals surface area (Å²) in [5.41, 5.74) is 2.16. The van der Waals surface area contributed by atoms with Crippen LogP contribution in [0.1, 0.15) is 50.9 Å². The first-order chi connectivity index (χ1) is 9.58. The minimum Gasteiger partial charge on any atom is -0.481 e. The van der Waals surface area contributed by atoms with Gasteiger partial charge in [0.1, 0.15) is 5.82 Å². The summed E-state index contributed by atoms with van der Waals surface area (Å²) in [7, 11) is 0. The minimum absolute atomic E-state index is 0.208. The Morgan fingerprint density at radius 2 is 2.10 bits per heavy atom. The van der Waals surface area contributed by atoms with E-state index in [4.69, 9.17) is 10.1 Å². The number of hydrogen-bond acceptors (Lipinski definition) is 2. The summed E-state index contributed by atoms with van der Waals surface area (Å²) in [6.45, 7) is 4.31. The second-order valence-corrected chi connectivity index (χ2v) is 5.97. The van der Waals surface area contributed by atoms with Crippen LogP contribution in [0.15, 0.2) is 24.3 Å². The maximum atomic E-state index is 11.1. The van der Waals surface area contributed by atoms with Crippen molar-refractivity contribution in [2.24, 2.45) is 5.92 Å². The molecule has 0 aliphatic heterocycles. The molecule has 1 saturated carbocycles. The van der Waals surface area contributed by atoms with Gasteiger partial charge in [0.2, 0.25) is 0 Å². The van der Waals surface area contributed by atoms with Crippen molar-refractivity contribution >= 4 is 17.0 Å². The molecule has 1 aliphatic rings. The molecule has 1 heterocycles. The van der Waals surface area contributed by atoms with Crippen molar-refractivity contribution in [2.75, 3.05) is 0 Å². The van der Waals surface area contributed by atoms with Crippen LogP contribution in [0.4, 0.5) is 0 Å². The normalized spacial score (nSPS) is 22.8. The van der Waals surface area contributed by atoms with E-state index in [9.17, 15) is 4.79 Å². The third-order valence-electron chi connectivity index (χ3n) is 4.29. The topological polar surface area (TPSA) is 55.1 Å². The number of benzene rings is 1. The summed E-state index contributed by atoms with van der Waals surface area (Å²) in [4.78, 5) is 15.9. The predicted molar refractivity (Wildman–Crippen MR) is 77.8 cm³/mol. The van der Waals surface area contributed by atoms with Gasteiger partial charge in [0.25, 0.3) is 0 Å². The van der Waals surface area contributed by atoms with Crippen LogP contribution >= 0.6 is 0 Å². The van der Waals surface area contributed by atoms with E-state index in [1.807, 2.05) is 18.2 Å². The summed E-state index contributed by atoms with van der Waals surface area (Å²) >= 11 is 0. The van der Waals surface area contributed by atoms with Gasteiger partial charge in [-0.25, -0.2) is 4.98 Å². The number of para-hydroxylation sites is 2. The summed E-state index contributed by atoms with van der Waals surface area (Å²) in [6, 6.07) is 8.48. The Morgan fingerprint density at radius 1 is 1.35 bits per heavy atom. The lowest BCUT2D eigenvalue weighted by atomic mass is 10.0. The number of rotatable bonds is 3. The van der Waals surface area contributed by atoms with Crippen molar-refractivity contribution in [1.82, 2.24) is 9.55 Å². The summed E-state index contributed by atoms with van der Waals surface area (Å²) < 4.78 is 2.27. The van der Waals surface area contributed by atoms with Crippen LogP contribution in [0.3, 0.4) is 0 Å². The van der Waals surface area contributed by atoms with Crippen molar-refractivity contribution in [3.63, 3.8) is 0 Å². The van der Waals surface area contributed by atoms with Gasteiger partial charge in [-0.1, -0.05) is 12.1 Å². The molecule has 1 aromatic heterocycles. The maximum absolute atomic E-state index is 11.1. The molecule has 3 rings (SSSR count). The van der Waals surface area contributed by atoms with E-state index in [0.717, 1.165) is 29.7 Å². The molecule has 4 heteroatoms. The van der Waals surface area contributed by atoms with Gasteiger partial charge in [0, 0.05) is 12.0 Å². The number of aromatic nitrogens is 2. The van der Waals surface area contributed by atoms with Crippen LogP contribution in [0.25, 0.3) is 11.0 Å². The van der Waals surface area contributed by atoms with Gasteiger partial charge in [-0.15, -0.1) is 0 Å². The Balaban J connectivity index is 2.03. The molecule has 0 amide bonds. The molecular weight excluding hydrogens is 252 g/mol. The van der Waals surface area contributed by atoms with E-state index in [1.165, 1.54) is 0 Å². The standard InChI is InChI=1S/C16H20N2O2/c1-10(2)18-14-6-4-3-5-13(14)17-15(18)11-7-8-12(9-11)16(19)20/h3-6,10-12H,7-9H2,1-2H3,(H,19,20). The average molecular weight is 272 g/mol. The van der Waals surface area contributed by atoms with Crippen molar-refractivity contribution in [3.05, 3.63) is 30.1 Å². The summed E-state index contributed by atoms with van der Waals surface area (Å²) in [5.74, 6) is 0.455. The lowest BCUT2D eigenvalue weighted by Crippen LogP contribution is -2.12. The second-order valence-electron chi connectivity index (χ2n) is 5.97. The number of fused-ring (bicyclic) bond motifs is 1. The molecule has 20 heavy (non-hydrogen) atoms. The van der Waals surface area contributed by atoms with Gasteiger partial charge in [0.05, 0.1) is 17.0 Å². The highest BCUT2D eigenvalue weighted by molar-refractivity contribution is 5.76. The van der Waals surface area contributed by atoms with Crippen LogP contribution in [-0.4, -0.2) is 20.6 Å². The fourth-order valence-corrected chi connectivity index (χ4v) is 3.33. The van der Waals surface area contributed by atoms with Gasteiger partial charge in [-0.3, -0.25) is 4.79 Å². The fourth-order valence-electron chi connectivity index (χ4n) is 3.33. The first-order valence-electron chi connectivity index (χ1n) is 7.27. The van der Waals surface area contributed by atoms with Gasteiger partial charge in [-0.2, -0.15) is 0 Å². The predicted octanol–water partition coefficient (Wildman–Crippen LogP) is 3.59. The quantitative estimate of drug-likeness (QED) is 0.929. The number of nitrogens with zero attached hydrogens (tertiary/aromatic N) is 2. The van der Waals surface area contributed by atoms with Gasteiger partial charge >= 0.3 is 5.97 Å². The summed E-state index contributed by atoms with van der Waals surface area (Å²) in [6.07, 6.45) is 2.40. The molecule has 2 aromatic rings. The van der Waals surface area contributed by atoms with E-state index in [2.05, 4.69) is 24.5 Å². The largest absolute Gasteiger partial charge is 0.481 e. The Kier molecular flexibility index (Phi) is 3.24. The minimum atomic E-state index is -0.667. The van der Waals surface area contributed by atoms with Crippen molar-refractivity contribution in [3.8, 4) is 0 Å². The number of imidazole rings is 1. The zero-order chi connectivity index (χ0) is 14.3. The molecule has 2 atom stereocenters. The SMILES string of the molecule is CC(C)n1c(C2CCC(C(=O)O)C2)nc2ccccc21. The van der Waals surface area contributed by atoms with Crippen molar-refractivity contribution in [1.29, 1.82) is 0 Å². The molecule has 0 bridgehead atoms. The maximum Gasteiger partial charge on any atom is 0.306 e. The lowest BCUT2D eigenvalue weighted by Gasteiger charge is -2.17. The molecule has 1 aliphatic carbocycles. The second kappa shape index (κ2) is 4.93. The van der Waals surface area contributed by atoms with Crippen LogP contribution in [0, 0.1) is 5.92 Å². The smallest absolute Gasteiger partial charge is 0.306 e. The third-order valence-corrected chi connectivity index (χ3v) is 4.29. The van der Waals surface area contributed by atoms with Crippen molar-refractivity contribution < 1.29 is 9.90 Å². The van der Waals surface area contributed by atoms with E-state index in [0.29, 0.717) is 12.5 Å². The van der Waals surface area contributed by atoms with E-state index < -0.39 is 5.97 Å². The Bertz CT molecular complexity index is 645. The van der Waals surface area contributed by atoms with Gasteiger partial charge < -0.3 is 9.67 Å². The zero-order valence-electron chi connectivity index (χ0n) is 11.9. The molecule has 0 spiro atoms. The van der Waals surface area contributed by atoms with Crippen LogP contribution in [0.5, 0.6) is 0 Å². The zero-order valence-corrected chi connectivity index (χ0v) is 11.9. The molecule has 4 nitrogen and oxygen atoms in total. The molecular formula is C16H20N2O2. The van der Waals surface area contributed by atoms with Gasteiger partial charge in [0.15, 0.2) is 0 Å². The molecule has 0 saturated heterocycles. The number of carboxylic acid groups (broad SMARTS) is 1. The third kappa shape index (κ3) is 2.09. The van der Waals surface area contributed by atoms with E-state index in [-0.39, 0.29) is 11.8 Å². The first kappa shape index (κ1) is 13.2. The number of hydrogen-bond donors (Lipinski definition) is 1. The van der Waals surface area contributed by atoms with Crippen molar-refractivity contribution in [2.45, 2.75) is 45.1 Å². The Morgan fingerprint density at radius 3 is 2.75 bits per heavy atom. The average Bonchev–Trinajstić information content (AvgIpc) is 3.02. The molecule has 1 fully saturated rings. The number of aliphatic carboxylic acids is 1. The number of carboxylic acids is 1. The summed E-state index contributed by atoms with van der Waals surface area (Å²) in [5, 5.41) is 9.17. The molecule has 106 valence electrons. The highest BCUT2D eigenvalue weighted by Crippen LogP contribution is 2.39. The van der Waals surface area contributed by atoms with E-state index >= 15 is 0 Å². The highest BCUT2D eigenvalue weighted by atomic mass is 16.4. The molecule has 1 aromatic carbocycles. The first-order valence-corrected chi connectivity index (χ1v) is 7.27. The van der Waals surface area contributed by atoms with Gasteiger partial charge in [-0.05, 0) is 45.2 Å². The molecule has 1 N–H and O–H groups in total. The number of carbonyl (C=O) groups is 1. The molecule has 0 radical (unpaired) electrons. The molecule has 2 unspecified atom stereocenters. The van der Waals surface area contributed by atoms with E-state index in [1.54, 1.807) is 0 Å². The Labute approximate surface area is 118 Å². The Hall–Kier alpha value is -1.84.